The van der Waals surface area contributed by atoms with E-state index in [1.165, 1.54) is 0 Å². The molecule has 0 unspecified atom stereocenters. The fourth-order valence-corrected chi connectivity index (χ4v) is 3.54. The molecule has 0 aliphatic carbocycles. The number of imide groups is 2. The van der Waals surface area contributed by atoms with Gasteiger partial charge in [-0.3, -0.25) is 19.2 Å². The van der Waals surface area contributed by atoms with Crippen LogP contribution in [0.15, 0.2) is 0 Å². The zero-order valence-corrected chi connectivity index (χ0v) is 26.4. The zero-order chi connectivity index (χ0) is 34.0. The Labute approximate surface area is 271 Å². The number of rotatable bonds is 30. The van der Waals surface area contributed by atoms with Crippen LogP contribution in [0.2, 0.25) is 0 Å². The predicted molar refractivity (Wildman–Crippen MR) is 152 cm³/mol. The highest BCUT2D eigenvalue weighted by molar-refractivity contribution is 6.02. The van der Waals surface area contributed by atoms with Crippen molar-refractivity contribution in [3.05, 3.63) is 0 Å². The molecule has 19 heteroatoms. The Hall–Kier alpha value is -3.14. The van der Waals surface area contributed by atoms with E-state index in [9.17, 15) is 28.8 Å². The van der Waals surface area contributed by atoms with E-state index >= 15 is 0 Å². The standard InChI is InChI=1S/C28H44N2O17/c31-23-1-2-24(32)29(23)46-27(35)21-44-19-17-42-15-13-40-11-9-38-7-5-37-6-8-39-10-12-41-14-16-43-18-20-45-22-28(36)47-30-25(33)3-4-26(30)34/h1-22H2. The predicted octanol–water partition coefficient (Wildman–Crippen LogP) is -1.65. The minimum Gasteiger partial charge on any atom is -0.377 e. The van der Waals surface area contributed by atoms with Gasteiger partial charge in [-0.15, -0.1) is 10.1 Å². The molecule has 0 aromatic heterocycles. The first-order valence-corrected chi connectivity index (χ1v) is 15.2. The van der Waals surface area contributed by atoms with Gasteiger partial charge in [0.25, 0.3) is 23.6 Å². The number of hydrogen-bond acceptors (Lipinski definition) is 17. The second-order valence-corrected chi connectivity index (χ2v) is 9.48. The molecule has 2 heterocycles. The van der Waals surface area contributed by atoms with E-state index in [2.05, 4.69) is 9.68 Å². The van der Waals surface area contributed by atoms with Crippen molar-refractivity contribution in [2.24, 2.45) is 0 Å². The average molecular weight is 681 g/mol. The number of carbonyl (C=O) groups excluding carboxylic acids is 6. The van der Waals surface area contributed by atoms with Gasteiger partial charge in [-0.05, 0) is 0 Å². The maximum absolute atomic E-state index is 11.6. The van der Waals surface area contributed by atoms with Gasteiger partial charge in [-0.2, -0.15) is 0 Å². The van der Waals surface area contributed by atoms with Crippen LogP contribution in [0.25, 0.3) is 0 Å². The second-order valence-electron chi connectivity index (χ2n) is 9.48. The van der Waals surface area contributed by atoms with Gasteiger partial charge in [-0.25, -0.2) is 9.59 Å². The molecular weight excluding hydrogens is 636 g/mol. The van der Waals surface area contributed by atoms with E-state index in [0.717, 1.165) is 0 Å². The normalized spacial score (nSPS) is 14.9. The Bertz CT molecular complexity index is 859. The molecule has 2 saturated heterocycles. The number of ether oxygens (including phenoxy) is 9. The topological polar surface area (TPSA) is 210 Å². The largest absolute Gasteiger partial charge is 0.377 e. The average Bonchev–Trinajstić information content (AvgIpc) is 3.54. The molecule has 0 radical (unpaired) electrons. The van der Waals surface area contributed by atoms with Crippen molar-refractivity contribution in [2.75, 3.05) is 119 Å². The van der Waals surface area contributed by atoms with Gasteiger partial charge in [-0.1, -0.05) is 0 Å². The van der Waals surface area contributed by atoms with Crippen LogP contribution in [-0.4, -0.2) is 165 Å². The Balaban J connectivity index is 1.19. The van der Waals surface area contributed by atoms with Gasteiger partial charge in [0.1, 0.15) is 13.2 Å². The van der Waals surface area contributed by atoms with Crippen LogP contribution in [0.5, 0.6) is 0 Å². The fraction of sp³-hybridized carbons (Fsp3) is 0.786. The van der Waals surface area contributed by atoms with E-state index in [4.69, 9.17) is 42.6 Å². The molecule has 0 bridgehead atoms. The molecule has 0 aromatic rings. The van der Waals surface area contributed by atoms with E-state index in [1.54, 1.807) is 0 Å². The number of hydrogen-bond donors (Lipinski definition) is 0. The first kappa shape index (κ1) is 40.0. The zero-order valence-electron chi connectivity index (χ0n) is 26.4. The lowest BCUT2D eigenvalue weighted by atomic mass is 10.4. The maximum Gasteiger partial charge on any atom is 0.358 e. The van der Waals surface area contributed by atoms with Crippen molar-refractivity contribution in [3.8, 4) is 0 Å². The van der Waals surface area contributed by atoms with Gasteiger partial charge in [0.2, 0.25) is 0 Å². The molecular formula is C28H44N2O17. The quantitative estimate of drug-likeness (QED) is 0.0614. The summed E-state index contributed by atoms with van der Waals surface area (Å²) < 4.78 is 47.8. The van der Waals surface area contributed by atoms with Crippen LogP contribution < -0.4 is 0 Å². The van der Waals surface area contributed by atoms with Gasteiger partial charge < -0.3 is 52.3 Å². The number of nitrogens with zero attached hydrogens (tertiary/aromatic N) is 2. The van der Waals surface area contributed by atoms with Gasteiger partial charge in [0.05, 0.1) is 106 Å². The van der Waals surface area contributed by atoms with Crippen LogP contribution in [0.4, 0.5) is 0 Å². The molecule has 19 nitrogen and oxygen atoms in total. The molecule has 0 N–H and O–H groups in total. The van der Waals surface area contributed by atoms with Crippen molar-refractivity contribution in [3.63, 3.8) is 0 Å². The van der Waals surface area contributed by atoms with Crippen LogP contribution in [0.3, 0.4) is 0 Å². The molecule has 0 saturated carbocycles. The number of amides is 4. The molecule has 0 spiro atoms. The van der Waals surface area contributed by atoms with Gasteiger partial charge in [0.15, 0.2) is 0 Å². The Morgan fingerprint density at radius 3 is 0.766 bits per heavy atom. The summed E-state index contributed by atoms with van der Waals surface area (Å²) in [6, 6.07) is 0. The van der Waals surface area contributed by atoms with Crippen molar-refractivity contribution in [1.29, 1.82) is 0 Å². The van der Waals surface area contributed by atoms with E-state index in [0.29, 0.717) is 89.4 Å². The first-order chi connectivity index (χ1) is 22.9. The third-order valence-corrected chi connectivity index (χ3v) is 5.81. The van der Waals surface area contributed by atoms with Crippen LogP contribution >= 0.6 is 0 Å². The minimum absolute atomic E-state index is 0.0316. The number of carbonyl (C=O) groups is 6. The summed E-state index contributed by atoms with van der Waals surface area (Å²) in [5, 5.41) is 0.940. The highest BCUT2D eigenvalue weighted by Gasteiger charge is 2.33. The molecule has 2 aliphatic heterocycles. The van der Waals surface area contributed by atoms with Gasteiger partial charge in [0, 0.05) is 25.7 Å². The third kappa shape index (κ3) is 19.3. The smallest absolute Gasteiger partial charge is 0.358 e. The summed E-state index contributed by atoms with van der Waals surface area (Å²) in [5.74, 6) is -3.85. The fourth-order valence-electron chi connectivity index (χ4n) is 3.54. The lowest BCUT2D eigenvalue weighted by Crippen LogP contribution is -2.33. The minimum atomic E-state index is -0.834. The molecule has 0 atom stereocenters. The second kappa shape index (κ2) is 25.9. The van der Waals surface area contributed by atoms with E-state index < -0.39 is 48.8 Å². The summed E-state index contributed by atoms with van der Waals surface area (Å²) in [6.07, 6.45) is 0.127. The molecule has 0 aromatic carbocycles. The van der Waals surface area contributed by atoms with Gasteiger partial charge >= 0.3 is 11.9 Å². The molecule has 2 rings (SSSR count). The highest BCUT2D eigenvalue weighted by Crippen LogP contribution is 2.12. The molecule has 4 amide bonds. The maximum atomic E-state index is 11.6. The molecule has 2 fully saturated rings. The summed E-state index contributed by atoms with van der Waals surface area (Å²) in [7, 11) is 0. The van der Waals surface area contributed by atoms with Crippen LogP contribution in [0.1, 0.15) is 25.7 Å². The summed E-state index contributed by atoms with van der Waals surface area (Å²) in [5.41, 5.74) is 0. The Morgan fingerprint density at radius 1 is 0.362 bits per heavy atom. The summed E-state index contributed by atoms with van der Waals surface area (Å²) in [6.45, 7) is 4.58. The third-order valence-electron chi connectivity index (χ3n) is 5.81. The Morgan fingerprint density at radius 2 is 0.553 bits per heavy atom. The van der Waals surface area contributed by atoms with E-state index in [1.807, 2.05) is 0 Å². The lowest BCUT2D eigenvalue weighted by Gasteiger charge is -2.12. The Kier molecular flexibility index (Phi) is 22.1. The van der Waals surface area contributed by atoms with Crippen molar-refractivity contribution in [2.45, 2.75) is 25.7 Å². The summed E-state index contributed by atoms with van der Waals surface area (Å²) >= 11 is 0. The van der Waals surface area contributed by atoms with E-state index in [-0.39, 0.29) is 52.1 Å². The van der Waals surface area contributed by atoms with Crippen molar-refractivity contribution >= 4 is 35.6 Å². The SMILES string of the molecule is O=C(COCCOCCOCCOCCOCCOCCOCCOCCOCC(=O)ON1C(=O)CCC1=O)ON1C(=O)CCC1=O. The van der Waals surface area contributed by atoms with Crippen molar-refractivity contribution in [1.82, 2.24) is 10.1 Å². The van der Waals surface area contributed by atoms with Crippen LogP contribution in [0, 0.1) is 0 Å². The van der Waals surface area contributed by atoms with Crippen LogP contribution in [-0.2, 0) is 81.1 Å². The first-order valence-electron chi connectivity index (χ1n) is 15.2. The lowest BCUT2D eigenvalue weighted by molar-refractivity contribution is -0.200. The molecule has 268 valence electrons. The summed E-state index contributed by atoms with van der Waals surface area (Å²) in [4.78, 5) is 77.9. The van der Waals surface area contributed by atoms with Crippen molar-refractivity contribution < 1.29 is 81.1 Å². The highest BCUT2D eigenvalue weighted by atomic mass is 16.7. The molecule has 47 heavy (non-hydrogen) atoms. The molecule has 2 aliphatic rings. The monoisotopic (exact) mass is 680 g/mol. The number of hydroxylamine groups is 4.